The predicted molar refractivity (Wildman–Crippen MR) is 163 cm³/mol. The van der Waals surface area contributed by atoms with Crippen LogP contribution in [0.2, 0.25) is 0 Å². The minimum atomic E-state index is -0.354. The monoisotopic (exact) mass is 602 g/mol. The normalized spacial score (nSPS) is 11.2. The molecular weight excluding hydrogens is 566 g/mol. The first kappa shape index (κ1) is 30.8. The molecule has 230 valence electrons. The molecule has 44 heavy (non-hydrogen) atoms. The maximum atomic E-state index is 13.5. The molecule has 0 saturated heterocycles. The van der Waals surface area contributed by atoms with E-state index in [9.17, 15) is 8.78 Å². The van der Waals surface area contributed by atoms with Crippen LogP contribution in [0.1, 0.15) is 65.2 Å². The second kappa shape index (κ2) is 15.2. The molecule has 0 radical (unpaired) electrons. The Hall–Kier alpha value is -4.60. The highest BCUT2D eigenvalue weighted by molar-refractivity contribution is 5.76. The van der Waals surface area contributed by atoms with Gasteiger partial charge in [0.15, 0.2) is 0 Å². The Morgan fingerprint density at radius 2 is 0.909 bits per heavy atom. The van der Waals surface area contributed by atoms with Crippen molar-refractivity contribution in [3.8, 4) is 57.3 Å². The number of benzene rings is 3. The van der Waals surface area contributed by atoms with Gasteiger partial charge in [0.25, 0.3) is 11.8 Å². The summed E-state index contributed by atoms with van der Waals surface area (Å²) < 4.78 is 51.7. The van der Waals surface area contributed by atoms with Gasteiger partial charge in [0.2, 0.25) is 11.8 Å². The van der Waals surface area contributed by atoms with Crippen molar-refractivity contribution in [1.82, 2.24) is 20.4 Å². The Morgan fingerprint density at radius 3 is 1.30 bits per heavy atom. The van der Waals surface area contributed by atoms with Gasteiger partial charge in [-0.1, -0.05) is 52.4 Å². The fraction of sp³-hybridized carbons (Fsp3) is 0.353. The van der Waals surface area contributed by atoms with Crippen LogP contribution in [0.15, 0.2) is 69.5 Å². The van der Waals surface area contributed by atoms with Crippen molar-refractivity contribution in [2.24, 2.45) is 0 Å². The standard InChI is InChI=1S/C34H36F2N4O4/c1-3-5-7-9-19-41-29-21-28(34-40-38-32(44-34)24-13-17-26(36)18-14-24)30(42-20-10-8-6-4-2)22-27(29)33-39-37-31(43-33)23-11-15-25(35)16-12-23/h11-18,21-22H,3-10,19-20H2,1-2H3. The van der Waals surface area contributed by atoms with Crippen LogP contribution in [0.4, 0.5) is 8.78 Å². The lowest BCUT2D eigenvalue weighted by Crippen LogP contribution is -2.03. The summed E-state index contributed by atoms with van der Waals surface area (Å²) in [5.41, 5.74) is 2.28. The van der Waals surface area contributed by atoms with Crippen molar-refractivity contribution < 1.29 is 27.1 Å². The van der Waals surface area contributed by atoms with Crippen molar-refractivity contribution >= 4 is 0 Å². The molecule has 0 spiro atoms. The lowest BCUT2D eigenvalue weighted by Gasteiger charge is -2.15. The topological polar surface area (TPSA) is 96.3 Å². The van der Waals surface area contributed by atoms with E-state index < -0.39 is 0 Å². The summed E-state index contributed by atoms with van der Waals surface area (Å²) in [6.45, 7) is 5.27. The molecule has 5 rings (SSSR count). The summed E-state index contributed by atoms with van der Waals surface area (Å²) in [6, 6.07) is 15.3. The highest BCUT2D eigenvalue weighted by Gasteiger charge is 2.23. The van der Waals surface area contributed by atoms with Crippen molar-refractivity contribution in [2.75, 3.05) is 13.2 Å². The molecule has 0 bridgehead atoms. The molecule has 0 aliphatic heterocycles. The molecule has 5 aromatic rings. The van der Waals surface area contributed by atoms with Gasteiger partial charge in [-0.3, -0.25) is 0 Å². The van der Waals surface area contributed by atoms with E-state index in [-0.39, 0.29) is 35.2 Å². The van der Waals surface area contributed by atoms with Gasteiger partial charge >= 0.3 is 0 Å². The average molecular weight is 603 g/mol. The number of unbranched alkanes of at least 4 members (excludes halogenated alkanes) is 6. The van der Waals surface area contributed by atoms with Gasteiger partial charge in [-0.2, -0.15) is 0 Å². The molecule has 2 aromatic heterocycles. The minimum Gasteiger partial charge on any atom is -0.493 e. The summed E-state index contributed by atoms with van der Waals surface area (Å²) in [5.74, 6) is 1.23. The SMILES string of the molecule is CCCCCCOc1cc(-c2nnc(-c3ccc(F)cc3)o2)c(OCCCCCC)cc1-c1nnc(-c2ccc(F)cc2)o1. The molecule has 0 fully saturated rings. The summed E-state index contributed by atoms with van der Waals surface area (Å²) in [4.78, 5) is 0. The van der Waals surface area contributed by atoms with Crippen molar-refractivity contribution in [2.45, 2.75) is 65.2 Å². The molecule has 0 N–H and O–H groups in total. The van der Waals surface area contributed by atoms with Gasteiger partial charge in [-0.15, -0.1) is 20.4 Å². The van der Waals surface area contributed by atoms with Crippen LogP contribution >= 0.6 is 0 Å². The van der Waals surface area contributed by atoms with E-state index >= 15 is 0 Å². The fourth-order valence-corrected chi connectivity index (χ4v) is 4.64. The second-order valence-corrected chi connectivity index (χ2v) is 10.5. The highest BCUT2D eigenvalue weighted by Crippen LogP contribution is 2.41. The van der Waals surface area contributed by atoms with Crippen LogP contribution in [0.3, 0.4) is 0 Å². The zero-order chi connectivity index (χ0) is 30.7. The molecule has 0 aliphatic rings. The smallest absolute Gasteiger partial charge is 0.252 e. The lowest BCUT2D eigenvalue weighted by atomic mass is 10.1. The highest BCUT2D eigenvalue weighted by atomic mass is 19.1. The molecule has 0 saturated carbocycles. The third-order valence-electron chi connectivity index (χ3n) is 7.09. The van der Waals surface area contributed by atoms with Crippen molar-refractivity contribution in [3.05, 3.63) is 72.3 Å². The van der Waals surface area contributed by atoms with Gasteiger partial charge < -0.3 is 18.3 Å². The number of hydrogen-bond acceptors (Lipinski definition) is 8. The van der Waals surface area contributed by atoms with Crippen molar-refractivity contribution in [1.29, 1.82) is 0 Å². The van der Waals surface area contributed by atoms with Gasteiger partial charge in [0, 0.05) is 11.1 Å². The third-order valence-corrected chi connectivity index (χ3v) is 7.09. The Kier molecular flexibility index (Phi) is 10.7. The average Bonchev–Trinajstić information content (AvgIpc) is 3.73. The quantitative estimate of drug-likeness (QED) is 0.103. The van der Waals surface area contributed by atoms with E-state index in [0.29, 0.717) is 47.0 Å². The molecule has 8 nitrogen and oxygen atoms in total. The number of hydrogen-bond donors (Lipinski definition) is 0. The van der Waals surface area contributed by atoms with Gasteiger partial charge in [0.1, 0.15) is 23.1 Å². The summed E-state index contributed by atoms with van der Waals surface area (Å²) in [7, 11) is 0. The Bertz CT molecular complexity index is 1500. The van der Waals surface area contributed by atoms with Gasteiger partial charge in [-0.25, -0.2) is 8.78 Å². The summed E-state index contributed by atoms with van der Waals surface area (Å²) in [6.07, 6.45) is 8.28. The molecule has 2 heterocycles. The predicted octanol–water partition coefficient (Wildman–Crippen LogP) is 9.32. The van der Waals surface area contributed by atoms with E-state index in [1.807, 2.05) is 0 Å². The zero-order valence-electron chi connectivity index (χ0n) is 25.0. The van der Waals surface area contributed by atoms with Crippen molar-refractivity contribution in [3.63, 3.8) is 0 Å². The van der Waals surface area contributed by atoms with Crippen LogP contribution < -0.4 is 9.47 Å². The van der Waals surface area contributed by atoms with Gasteiger partial charge in [-0.05, 0) is 73.5 Å². The largest absolute Gasteiger partial charge is 0.493 e. The summed E-state index contributed by atoms with van der Waals surface area (Å²) >= 11 is 0. The first-order chi connectivity index (χ1) is 21.6. The first-order valence-electron chi connectivity index (χ1n) is 15.2. The van der Waals surface area contributed by atoms with Crippen LogP contribution in [0.5, 0.6) is 11.5 Å². The number of aromatic nitrogens is 4. The lowest BCUT2D eigenvalue weighted by molar-refractivity contribution is 0.297. The molecule has 0 amide bonds. The third kappa shape index (κ3) is 7.86. The number of halogens is 2. The van der Waals surface area contributed by atoms with Crippen LogP contribution in [0, 0.1) is 11.6 Å². The second-order valence-electron chi connectivity index (χ2n) is 10.5. The van der Waals surface area contributed by atoms with E-state index in [1.165, 1.54) is 24.3 Å². The minimum absolute atomic E-state index is 0.229. The summed E-state index contributed by atoms with van der Waals surface area (Å²) in [5, 5.41) is 17.0. The van der Waals surface area contributed by atoms with Crippen LogP contribution in [-0.2, 0) is 0 Å². The van der Waals surface area contributed by atoms with E-state index in [1.54, 1.807) is 36.4 Å². The molecule has 0 unspecified atom stereocenters. The van der Waals surface area contributed by atoms with E-state index in [4.69, 9.17) is 18.3 Å². The maximum absolute atomic E-state index is 13.5. The zero-order valence-corrected chi connectivity index (χ0v) is 25.0. The van der Waals surface area contributed by atoms with Gasteiger partial charge in [0.05, 0.1) is 24.3 Å². The molecule has 10 heteroatoms. The van der Waals surface area contributed by atoms with Crippen LogP contribution in [0.25, 0.3) is 45.8 Å². The molecule has 0 atom stereocenters. The number of nitrogens with zero attached hydrogens (tertiary/aromatic N) is 4. The van der Waals surface area contributed by atoms with E-state index in [0.717, 1.165) is 51.4 Å². The molecular formula is C34H36F2N4O4. The molecule has 3 aromatic carbocycles. The Morgan fingerprint density at radius 1 is 0.523 bits per heavy atom. The maximum Gasteiger partial charge on any atom is 0.252 e. The Balaban J connectivity index is 1.53. The Labute approximate surface area is 255 Å². The first-order valence-corrected chi connectivity index (χ1v) is 15.2. The number of ether oxygens (including phenoxy) is 2. The number of rotatable bonds is 16. The van der Waals surface area contributed by atoms with Crippen LogP contribution in [-0.4, -0.2) is 33.6 Å². The van der Waals surface area contributed by atoms with E-state index in [2.05, 4.69) is 34.2 Å². The molecule has 0 aliphatic carbocycles. The fourth-order valence-electron chi connectivity index (χ4n) is 4.64.